The van der Waals surface area contributed by atoms with Crippen molar-refractivity contribution in [3.63, 3.8) is 0 Å². The molecule has 1 atom stereocenters. The minimum atomic E-state index is 0.121. The van der Waals surface area contributed by atoms with Crippen LogP contribution >= 0.6 is 0 Å². The third-order valence-electron chi connectivity index (χ3n) is 4.49. The number of hydrogen-bond donors (Lipinski definition) is 1. The number of fused-ring (bicyclic) bond motifs is 1. The number of aromatic nitrogens is 4. The highest BCUT2D eigenvalue weighted by molar-refractivity contribution is 5.63. The van der Waals surface area contributed by atoms with E-state index in [4.69, 9.17) is 4.98 Å². The summed E-state index contributed by atoms with van der Waals surface area (Å²) in [4.78, 5) is 13.8. The van der Waals surface area contributed by atoms with Crippen molar-refractivity contribution >= 4 is 11.6 Å². The van der Waals surface area contributed by atoms with Crippen molar-refractivity contribution in [2.45, 2.75) is 26.8 Å². The molecule has 0 saturated heterocycles. The molecule has 0 bridgehead atoms. The van der Waals surface area contributed by atoms with Gasteiger partial charge in [-0.2, -0.15) is 0 Å². The molecule has 1 N–H and O–H groups in total. The van der Waals surface area contributed by atoms with Crippen LogP contribution in [0.5, 0.6) is 0 Å². The molecule has 3 aromatic heterocycles. The predicted octanol–water partition coefficient (Wildman–Crippen LogP) is 4.58. The summed E-state index contributed by atoms with van der Waals surface area (Å²) in [5.74, 6) is 0.624. The molecule has 0 unspecified atom stereocenters. The molecule has 1 aromatic carbocycles. The number of nitrogens with zero attached hydrogens (tertiary/aromatic N) is 4. The molecule has 0 fully saturated rings. The van der Waals surface area contributed by atoms with Gasteiger partial charge in [-0.3, -0.25) is 4.40 Å². The molecular formula is C21H21N5. The summed E-state index contributed by atoms with van der Waals surface area (Å²) in [6.45, 7) is 6.15. The van der Waals surface area contributed by atoms with Gasteiger partial charge in [0.05, 0.1) is 23.6 Å². The van der Waals surface area contributed by atoms with Crippen LogP contribution in [0.25, 0.3) is 17.0 Å². The van der Waals surface area contributed by atoms with Gasteiger partial charge in [0.15, 0.2) is 0 Å². The highest BCUT2D eigenvalue weighted by Crippen LogP contribution is 2.23. The average Bonchev–Trinajstić information content (AvgIpc) is 3.07. The van der Waals surface area contributed by atoms with Crippen molar-refractivity contribution < 1.29 is 0 Å². The zero-order valence-electron chi connectivity index (χ0n) is 15.1. The van der Waals surface area contributed by atoms with Crippen molar-refractivity contribution in [2.75, 3.05) is 5.32 Å². The fraction of sp³-hybridized carbons (Fsp3) is 0.190. The molecular weight excluding hydrogens is 322 g/mol. The minimum Gasteiger partial charge on any atom is -0.348 e. The van der Waals surface area contributed by atoms with Gasteiger partial charge in [-0.05, 0) is 44.0 Å². The number of pyridine rings is 1. The van der Waals surface area contributed by atoms with Crippen LogP contribution in [-0.4, -0.2) is 19.4 Å². The molecule has 5 nitrogen and oxygen atoms in total. The van der Waals surface area contributed by atoms with E-state index in [0.29, 0.717) is 5.95 Å². The first kappa shape index (κ1) is 16.3. The van der Waals surface area contributed by atoms with Crippen LogP contribution in [0, 0.1) is 13.8 Å². The maximum absolute atomic E-state index is 4.74. The SMILES string of the molecule is Cc1cc(-c2cnc3c(C)cccn23)nc(N[C@@H](C)c2ccccc2)n1. The lowest BCUT2D eigenvalue weighted by Gasteiger charge is -2.15. The van der Waals surface area contributed by atoms with Crippen LogP contribution < -0.4 is 5.32 Å². The first-order chi connectivity index (χ1) is 12.6. The first-order valence-corrected chi connectivity index (χ1v) is 8.72. The lowest BCUT2D eigenvalue weighted by Crippen LogP contribution is -2.10. The quantitative estimate of drug-likeness (QED) is 0.589. The molecule has 4 rings (SSSR count). The van der Waals surface area contributed by atoms with Gasteiger partial charge in [0.2, 0.25) is 5.95 Å². The molecule has 0 saturated carbocycles. The molecule has 0 aliphatic carbocycles. The Labute approximate surface area is 152 Å². The van der Waals surface area contributed by atoms with Crippen molar-refractivity contribution in [2.24, 2.45) is 0 Å². The molecule has 0 spiro atoms. The van der Waals surface area contributed by atoms with E-state index in [1.165, 1.54) is 5.56 Å². The normalized spacial score (nSPS) is 12.3. The Morgan fingerprint density at radius 2 is 1.81 bits per heavy atom. The Morgan fingerprint density at radius 1 is 1.00 bits per heavy atom. The number of hydrogen-bond acceptors (Lipinski definition) is 4. The van der Waals surface area contributed by atoms with Gasteiger partial charge in [0.25, 0.3) is 0 Å². The van der Waals surface area contributed by atoms with Crippen LogP contribution in [0.1, 0.15) is 29.8 Å². The second kappa shape index (κ2) is 6.59. The van der Waals surface area contributed by atoms with Gasteiger partial charge in [-0.15, -0.1) is 0 Å². The molecule has 26 heavy (non-hydrogen) atoms. The van der Waals surface area contributed by atoms with E-state index in [-0.39, 0.29) is 6.04 Å². The number of anilines is 1. The highest BCUT2D eigenvalue weighted by atomic mass is 15.1. The van der Waals surface area contributed by atoms with E-state index in [2.05, 4.69) is 51.7 Å². The van der Waals surface area contributed by atoms with Gasteiger partial charge >= 0.3 is 0 Å². The third-order valence-corrected chi connectivity index (χ3v) is 4.49. The zero-order chi connectivity index (χ0) is 18.1. The van der Waals surface area contributed by atoms with E-state index in [0.717, 1.165) is 28.3 Å². The van der Waals surface area contributed by atoms with Gasteiger partial charge in [0.1, 0.15) is 5.65 Å². The Balaban J connectivity index is 1.71. The summed E-state index contributed by atoms with van der Waals surface area (Å²) < 4.78 is 2.07. The number of aryl methyl sites for hydroxylation is 2. The average molecular weight is 343 g/mol. The molecule has 0 radical (unpaired) electrons. The molecule has 0 aliphatic heterocycles. The Morgan fingerprint density at radius 3 is 2.62 bits per heavy atom. The summed E-state index contributed by atoms with van der Waals surface area (Å²) in [5.41, 5.74) is 6.03. The molecule has 3 heterocycles. The summed E-state index contributed by atoms with van der Waals surface area (Å²) in [6, 6.07) is 16.5. The summed E-state index contributed by atoms with van der Waals surface area (Å²) in [6.07, 6.45) is 3.89. The fourth-order valence-electron chi connectivity index (χ4n) is 3.12. The molecule has 0 aliphatic rings. The van der Waals surface area contributed by atoms with E-state index in [1.54, 1.807) is 0 Å². The largest absolute Gasteiger partial charge is 0.348 e. The fourth-order valence-corrected chi connectivity index (χ4v) is 3.12. The summed E-state index contributed by atoms with van der Waals surface area (Å²) in [5, 5.41) is 3.41. The Bertz CT molecular complexity index is 1050. The predicted molar refractivity (Wildman–Crippen MR) is 104 cm³/mol. The molecule has 0 amide bonds. The summed E-state index contributed by atoms with van der Waals surface area (Å²) >= 11 is 0. The number of rotatable bonds is 4. The van der Waals surface area contributed by atoms with Gasteiger partial charge < -0.3 is 5.32 Å². The second-order valence-electron chi connectivity index (χ2n) is 6.52. The minimum absolute atomic E-state index is 0.121. The van der Waals surface area contributed by atoms with E-state index in [1.807, 2.05) is 49.6 Å². The van der Waals surface area contributed by atoms with Crippen LogP contribution in [0.4, 0.5) is 5.95 Å². The van der Waals surface area contributed by atoms with Gasteiger partial charge in [-0.25, -0.2) is 15.0 Å². The zero-order valence-corrected chi connectivity index (χ0v) is 15.1. The first-order valence-electron chi connectivity index (χ1n) is 8.72. The molecule has 130 valence electrons. The molecule has 4 aromatic rings. The lowest BCUT2D eigenvalue weighted by molar-refractivity contribution is 0.857. The summed E-state index contributed by atoms with van der Waals surface area (Å²) in [7, 11) is 0. The maximum Gasteiger partial charge on any atom is 0.223 e. The van der Waals surface area contributed by atoms with E-state index in [9.17, 15) is 0 Å². The van der Waals surface area contributed by atoms with Gasteiger partial charge in [0, 0.05) is 11.9 Å². The van der Waals surface area contributed by atoms with Crippen molar-refractivity contribution in [3.05, 3.63) is 77.7 Å². The standard InChI is InChI=1S/C21H21N5/c1-14-8-7-11-26-19(13-22-20(14)26)18-12-15(2)23-21(25-18)24-16(3)17-9-5-4-6-10-17/h4-13,16H,1-3H3,(H,23,24,25)/t16-/m0/s1. The van der Waals surface area contributed by atoms with Crippen LogP contribution in [0.2, 0.25) is 0 Å². The van der Waals surface area contributed by atoms with Crippen LogP contribution in [-0.2, 0) is 0 Å². The van der Waals surface area contributed by atoms with Crippen LogP contribution in [0.3, 0.4) is 0 Å². The van der Waals surface area contributed by atoms with Crippen molar-refractivity contribution in [3.8, 4) is 11.4 Å². The number of imidazole rings is 1. The Hall–Kier alpha value is -3.21. The monoisotopic (exact) mass is 343 g/mol. The van der Waals surface area contributed by atoms with E-state index >= 15 is 0 Å². The van der Waals surface area contributed by atoms with E-state index < -0.39 is 0 Å². The van der Waals surface area contributed by atoms with Crippen molar-refractivity contribution in [1.29, 1.82) is 0 Å². The highest BCUT2D eigenvalue weighted by Gasteiger charge is 2.12. The van der Waals surface area contributed by atoms with Crippen molar-refractivity contribution in [1.82, 2.24) is 19.4 Å². The topological polar surface area (TPSA) is 55.1 Å². The number of benzene rings is 1. The van der Waals surface area contributed by atoms with Gasteiger partial charge in [-0.1, -0.05) is 36.4 Å². The third kappa shape index (κ3) is 3.04. The maximum atomic E-state index is 4.74. The lowest BCUT2D eigenvalue weighted by atomic mass is 10.1. The Kier molecular flexibility index (Phi) is 4.13. The molecule has 5 heteroatoms. The number of nitrogens with one attached hydrogen (secondary N) is 1. The van der Waals surface area contributed by atoms with Crippen LogP contribution in [0.15, 0.2) is 60.9 Å². The smallest absolute Gasteiger partial charge is 0.223 e. The second-order valence-corrected chi connectivity index (χ2v) is 6.52.